The lowest BCUT2D eigenvalue weighted by atomic mass is 10.0. The molecule has 2 saturated heterocycles. The first-order chi connectivity index (χ1) is 13.1. The quantitative estimate of drug-likeness (QED) is 0.905. The number of carbonyl (C=O) groups excluding carboxylic acids is 1. The number of amides is 1. The van der Waals surface area contributed by atoms with Crippen molar-refractivity contribution in [2.24, 2.45) is 0 Å². The van der Waals surface area contributed by atoms with Crippen LogP contribution in [0.2, 0.25) is 0 Å². The van der Waals surface area contributed by atoms with Crippen molar-refractivity contribution in [3.05, 3.63) is 59.9 Å². The van der Waals surface area contributed by atoms with Gasteiger partial charge < -0.3 is 10.0 Å². The van der Waals surface area contributed by atoms with Gasteiger partial charge in [-0.25, -0.2) is 4.39 Å². The van der Waals surface area contributed by atoms with Gasteiger partial charge in [0.2, 0.25) is 0 Å². The molecule has 2 heterocycles. The van der Waals surface area contributed by atoms with Crippen LogP contribution in [-0.4, -0.2) is 59.1 Å². The Hall–Kier alpha value is -2.24. The summed E-state index contributed by atoms with van der Waals surface area (Å²) in [6, 6.07) is 13.7. The molecule has 0 unspecified atom stereocenters. The van der Waals surface area contributed by atoms with Crippen LogP contribution in [0.3, 0.4) is 0 Å². The fraction of sp³-hybridized carbons (Fsp3) is 0.409. The summed E-state index contributed by atoms with van der Waals surface area (Å²) >= 11 is 0. The Morgan fingerprint density at radius 2 is 1.67 bits per heavy atom. The van der Waals surface area contributed by atoms with Crippen molar-refractivity contribution >= 4 is 5.91 Å². The van der Waals surface area contributed by atoms with Crippen molar-refractivity contribution < 1.29 is 14.3 Å². The molecule has 0 saturated carbocycles. The normalized spacial score (nSPS) is 23.6. The highest BCUT2D eigenvalue weighted by atomic mass is 19.1. The Balaban J connectivity index is 1.50. The van der Waals surface area contributed by atoms with Crippen LogP contribution in [0, 0.1) is 5.82 Å². The van der Waals surface area contributed by atoms with E-state index >= 15 is 0 Å². The van der Waals surface area contributed by atoms with Gasteiger partial charge in [-0.15, -0.1) is 0 Å². The topological polar surface area (TPSA) is 43.8 Å². The third kappa shape index (κ3) is 3.89. The van der Waals surface area contributed by atoms with E-state index < -0.39 is 6.10 Å². The minimum absolute atomic E-state index is 0.0284. The number of hydrogen-bond donors (Lipinski definition) is 1. The maximum Gasteiger partial charge on any atom is 0.254 e. The molecule has 0 bridgehead atoms. The average molecular weight is 368 g/mol. The van der Waals surface area contributed by atoms with E-state index in [0.29, 0.717) is 18.7 Å². The van der Waals surface area contributed by atoms with Crippen LogP contribution in [0.5, 0.6) is 0 Å². The number of likely N-dealkylation sites (tertiary alicyclic amines) is 2. The molecule has 2 atom stereocenters. The molecule has 0 radical (unpaired) electrons. The van der Waals surface area contributed by atoms with Crippen molar-refractivity contribution in [1.29, 1.82) is 0 Å². The van der Waals surface area contributed by atoms with Gasteiger partial charge in [0.25, 0.3) is 5.91 Å². The monoisotopic (exact) mass is 368 g/mol. The molecule has 27 heavy (non-hydrogen) atoms. The predicted molar refractivity (Wildman–Crippen MR) is 103 cm³/mol. The smallest absolute Gasteiger partial charge is 0.254 e. The third-order valence-electron chi connectivity index (χ3n) is 5.67. The van der Waals surface area contributed by atoms with E-state index in [1.165, 1.54) is 18.6 Å². The lowest BCUT2D eigenvalue weighted by Crippen LogP contribution is -2.46. The molecule has 0 spiro atoms. The SMILES string of the molecule is O=C(c1cccc(-c2cccc(F)c2)c1)N1C[C@@H](O)[C@H](N2CCCCC2)C1. The number of halogens is 1. The standard InChI is InChI=1S/C22H25FN2O2/c23-19-9-5-7-17(13-19)16-6-4-8-18(12-16)22(27)25-14-20(21(26)15-25)24-10-2-1-3-11-24/h4-9,12-13,20-21,26H,1-3,10-11,14-15H2/t20-,21-/m1/s1. The molecule has 0 aromatic heterocycles. The number of aliphatic hydroxyl groups is 1. The van der Waals surface area contributed by atoms with Gasteiger partial charge in [0, 0.05) is 18.7 Å². The van der Waals surface area contributed by atoms with E-state index in [0.717, 1.165) is 37.1 Å². The number of carbonyl (C=O) groups is 1. The fourth-order valence-corrected chi connectivity index (χ4v) is 4.23. The van der Waals surface area contributed by atoms with Crippen LogP contribution < -0.4 is 0 Å². The maximum atomic E-state index is 13.5. The van der Waals surface area contributed by atoms with Crippen LogP contribution in [0.4, 0.5) is 4.39 Å². The van der Waals surface area contributed by atoms with Crippen molar-refractivity contribution in [3.8, 4) is 11.1 Å². The van der Waals surface area contributed by atoms with Crippen molar-refractivity contribution in [3.63, 3.8) is 0 Å². The Morgan fingerprint density at radius 1 is 0.963 bits per heavy atom. The second kappa shape index (κ2) is 7.79. The first-order valence-corrected chi connectivity index (χ1v) is 9.69. The second-order valence-corrected chi connectivity index (χ2v) is 7.53. The second-order valence-electron chi connectivity index (χ2n) is 7.53. The summed E-state index contributed by atoms with van der Waals surface area (Å²) in [6.07, 6.45) is 3.06. The first kappa shape index (κ1) is 18.1. The highest BCUT2D eigenvalue weighted by molar-refractivity contribution is 5.95. The van der Waals surface area contributed by atoms with Crippen LogP contribution in [-0.2, 0) is 0 Å². The predicted octanol–water partition coefficient (Wildman–Crippen LogP) is 3.16. The highest BCUT2D eigenvalue weighted by Gasteiger charge is 2.38. The third-order valence-corrected chi connectivity index (χ3v) is 5.67. The Bertz CT molecular complexity index is 819. The molecule has 2 aliphatic rings. The molecule has 4 rings (SSSR count). The molecule has 2 aromatic carbocycles. The number of piperidine rings is 1. The van der Waals surface area contributed by atoms with Gasteiger partial charge in [-0.05, 0) is 61.3 Å². The summed E-state index contributed by atoms with van der Waals surface area (Å²) in [5.41, 5.74) is 2.13. The molecule has 2 aliphatic heterocycles. The largest absolute Gasteiger partial charge is 0.390 e. The minimum Gasteiger partial charge on any atom is -0.390 e. The summed E-state index contributed by atoms with van der Waals surface area (Å²) in [6.45, 7) is 2.92. The van der Waals surface area contributed by atoms with Crippen LogP contribution in [0.1, 0.15) is 29.6 Å². The molecule has 1 amide bonds. The molecule has 5 heteroatoms. The van der Waals surface area contributed by atoms with Crippen LogP contribution >= 0.6 is 0 Å². The number of hydrogen-bond acceptors (Lipinski definition) is 3. The van der Waals surface area contributed by atoms with E-state index in [1.807, 2.05) is 18.2 Å². The number of rotatable bonds is 3. The van der Waals surface area contributed by atoms with Gasteiger partial charge in [-0.1, -0.05) is 30.7 Å². The van der Waals surface area contributed by atoms with Gasteiger partial charge in [0.15, 0.2) is 0 Å². The zero-order valence-corrected chi connectivity index (χ0v) is 15.4. The molecule has 142 valence electrons. The summed E-state index contributed by atoms with van der Waals surface area (Å²) < 4.78 is 13.5. The summed E-state index contributed by atoms with van der Waals surface area (Å²) in [7, 11) is 0. The molecule has 1 N–H and O–H groups in total. The lowest BCUT2D eigenvalue weighted by molar-refractivity contribution is 0.0702. The van der Waals surface area contributed by atoms with E-state index in [9.17, 15) is 14.3 Å². The minimum atomic E-state index is -0.501. The van der Waals surface area contributed by atoms with Gasteiger partial charge in [-0.2, -0.15) is 0 Å². The molecular formula is C22H25FN2O2. The highest BCUT2D eigenvalue weighted by Crippen LogP contribution is 2.25. The zero-order chi connectivity index (χ0) is 18.8. The number of β-amino-alcohol motifs (C(OH)–C–C–N with tert-alkyl or cyclic N) is 1. The van der Waals surface area contributed by atoms with Crippen molar-refractivity contribution in [2.45, 2.75) is 31.4 Å². The number of benzene rings is 2. The van der Waals surface area contributed by atoms with E-state index in [4.69, 9.17) is 0 Å². The van der Waals surface area contributed by atoms with Crippen molar-refractivity contribution in [1.82, 2.24) is 9.80 Å². The van der Waals surface area contributed by atoms with E-state index in [-0.39, 0.29) is 17.8 Å². The van der Waals surface area contributed by atoms with Crippen LogP contribution in [0.15, 0.2) is 48.5 Å². The molecule has 2 aromatic rings. The van der Waals surface area contributed by atoms with E-state index in [1.54, 1.807) is 23.1 Å². The summed E-state index contributed by atoms with van der Waals surface area (Å²) in [5, 5.41) is 10.5. The lowest BCUT2D eigenvalue weighted by Gasteiger charge is -2.33. The van der Waals surface area contributed by atoms with Crippen molar-refractivity contribution in [2.75, 3.05) is 26.2 Å². The molecule has 0 aliphatic carbocycles. The summed E-state index contributed by atoms with van der Waals surface area (Å²) in [4.78, 5) is 17.1. The fourth-order valence-electron chi connectivity index (χ4n) is 4.23. The Kier molecular flexibility index (Phi) is 5.23. The Morgan fingerprint density at radius 3 is 2.41 bits per heavy atom. The number of nitrogens with zero attached hydrogens (tertiary/aromatic N) is 2. The first-order valence-electron chi connectivity index (χ1n) is 9.69. The van der Waals surface area contributed by atoms with Gasteiger partial charge >= 0.3 is 0 Å². The van der Waals surface area contributed by atoms with Gasteiger partial charge in [0.05, 0.1) is 12.1 Å². The molecule has 4 nitrogen and oxygen atoms in total. The van der Waals surface area contributed by atoms with E-state index in [2.05, 4.69) is 4.90 Å². The number of aliphatic hydroxyl groups excluding tert-OH is 1. The average Bonchev–Trinajstić information content (AvgIpc) is 3.10. The van der Waals surface area contributed by atoms with Gasteiger partial charge in [0.1, 0.15) is 5.82 Å². The Labute approximate surface area is 159 Å². The molecular weight excluding hydrogens is 343 g/mol. The summed E-state index contributed by atoms with van der Waals surface area (Å²) in [5.74, 6) is -0.372. The molecule has 2 fully saturated rings. The maximum absolute atomic E-state index is 13.5. The van der Waals surface area contributed by atoms with Crippen LogP contribution in [0.25, 0.3) is 11.1 Å². The van der Waals surface area contributed by atoms with Gasteiger partial charge in [-0.3, -0.25) is 9.69 Å². The zero-order valence-electron chi connectivity index (χ0n) is 15.4.